The number of aryl methyl sites for hydroxylation is 1. The molecule has 0 fully saturated rings. The minimum Gasteiger partial charge on any atom is -0.459 e. The normalized spacial score (nSPS) is 12.7. The molecule has 0 aliphatic carbocycles. The van der Waals surface area contributed by atoms with E-state index in [9.17, 15) is 4.39 Å². The molecule has 0 aliphatic rings. The fourth-order valence-corrected chi connectivity index (χ4v) is 2.60. The second-order valence-corrected chi connectivity index (χ2v) is 5.24. The van der Waals surface area contributed by atoms with Gasteiger partial charge in [0.05, 0.1) is 6.04 Å². The molecule has 1 heterocycles. The van der Waals surface area contributed by atoms with Crippen molar-refractivity contribution in [1.29, 1.82) is 0 Å². The third kappa shape index (κ3) is 2.83. The minimum absolute atomic E-state index is 0.140. The summed E-state index contributed by atoms with van der Waals surface area (Å²) < 4.78 is 19.4. The van der Waals surface area contributed by atoms with Crippen LogP contribution >= 0.6 is 0 Å². The number of hydrogen-bond acceptors (Lipinski definition) is 2. The maximum absolute atomic E-state index is 13.5. The van der Waals surface area contributed by atoms with Crippen LogP contribution in [0.25, 0.3) is 11.0 Å². The Labute approximate surface area is 123 Å². The lowest BCUT2D eigenvalue weighted by Gasteiger charge is -2.15. The molecule has 1 unspecified atom stereocenters. The van der Waals surface area contributed by atoms with Gasteiger partial charge < -0.3 is 9.73 Å². The smallest absolute Gasteiger partial charge is 0.134 e. The quantitative estimate of drug-likeness (QED) is 0.758. The molecule has 2 nitrogen and oxygen atoms in total. The molecule has 1 aromatic heterocycles. The maximum atomic E-state index is 13.5. The van der Waals surface area contributed by atoms with Crippen LogP contribution in [0.15, 0.2) is 52.9 Å². The van der Waals surface area contributed by atoms with E-state index < -0.39 is 0 Å². The van der Waals surface area contributed by atoms with Gasteiger partial charge in [-0.15, -0.1) is 0 Å². The van der Waals surface area contributed by atoms with Crippen LogP contribution in [0.4, 0.5) is 4.39 Å². The van der Waals surface area contributed by atoms with E-state index >= 15 is 0 Å². The Morgan fingerprint density at radius 3 is 2.76 bits per heavy atom. The molecule has 2 aromatic carbocycles. The summed E-state index contributed by atoms with van der Waals surface area (Å²) in [7, 11) is 0. The Balaban J connectivity index is 2.06. The van der Waals surface area contributed by atoms with Crippen molar-refractivity contribution in [2.75, 3.05) is 6.54 Å². The van der Waals surface area contributed by atoms with Gasteiger partial charge in [0.2, 0.25) is 0 Å². The fraction of sp³-hybridized carbons (Fsp3) is 0.222. The summed E-state index contributed by atoms with van der Waals surface area (Å²) in [4.78, 5) is 0. The number of rotatable bonds is 4. The van der Waals surface area contributed by atoms with Crippen molar-refractivity contribution in [2.24, 2.45) is 0 Å². The van der Waals surface area contributed by atoms with Gasteiger partial charge in [-0.05, 0) is 49.4 Å². The second-order valence-electron chi connectivity index (χ2n) is 5.24. The summed E-state index contributed by atoms with van der Waals surface area (Å²) in [5, 5.41) is 4.43. The van der Waals surface area contributed by atoms with Crippen molar-refractivity contribution in [3.8, 4) is 0 Å². The Morgan fingerprint density at radius 1 is 1.14 bits per heavy atom. The van der Waals surface area contributed by atoms with Gasteiger partial charge in [0, 0.05) is 5.39 Å². The fourth-order valence-electron chi connectivity index (χ4n) is 2.60. The van der Waals surface area contributed by atoms with E-state index in [1.54, 1.807) is 12.1 Å². The van der Waals surface area contributed by atoms with Crippen molar-refractivity contribution in [3.63, 3.8) is 0 Å². The van der Waals surface area contributed by atoms with Crippen LogP contribution in [0.3, 0.4) is 0 Å². The lowest BCUT2D eigenvalue weighted by Crippen LogP contribution is -2.21. The minimum atomic E-state index is -0.234. The molecule has 21 heavy (non-hydrogen) atoms. The molecule has 3 heteroatoms. The Kier molecular flexibility index (Phi) is 3.76. The van der Waals surface area contributed by atoms with Crippen molar-refractivity contribution < 1.29 is 8.81 Å². The van der Waals surface area contributed by atoms with Gasteiger partial charge in [0.25, 0.3) is 0 Å². The van der Waals surface area contributed by atoms with Crippen molar-refractivity contribution in [2.45, 2.75) is 19.9 Å². The first kappa shape index (κ1) is 13.8. The maximum Gasteiger partial charge on any atom is 0.134 e. The lowest BCUT2D eigenvalue weighted by atomic mass is 10.0. The van der Waals surface area contributed by atoms with Gasteiger partial charge in [0.15, 0.2) is 0 Å². The topological polar surface area (TPSA) is 25.2 Å². The van der Waals surface area contributed by atoms with Crippen LogP contribution in [-0.2, 0) is 0 Å². The predicted octanol–water partition coefficient (Wildman–Crippen LogP) is 4.58. The number of nitrogens with one attached hydrogen (secondary N) is 1. The van der Waals surface area contributed by atoms with Crippen molar-refractivity contribution >= 4 is 11.0 Å². The standard InChI is InChI=1S/C18H18FNO/c1-3-20-18(13-5-4-6-15(19)10-13)17-11-14-9-12(2)7-8-16(14)21-17/h4-11,18,20H,3H2,1-2H3. The molecule has 0 radical (unpaired) electrons. The van der Waals surface area contributed by atoms with Gasteiger partial charge in [-0.2, -0.15) is 0 Å². The molecule has 0 amide bonds. The van der Waals surface area contributed by atoms with E-state index in [4.69, 9.17) is 4.42 Å². The average Bonchev–Trinajstić information content (AvgIpc) is 2.87. The second kappa shape index (κ2) is 5.70. The lowest BCUT2D eigenvalue weighted by molar-refractivity contribution is 0.475. The first-order valence-corrected chi connectivity index (χ1v) is 7.16. The zero-order valence-electron chi connectivity index (χ0n) is 12.2. The van der Waals surface area contributed by atoms with Crippen molar-refractivity contribution in [3.05, 3.63) is 71.2 Å². The zero-order chi connectivity index (χ0) is 14.8. The third-order valence-corrected chi connectivity index (χ3v) is 3.57. The van der Waals surface area contributed by atoms with Gasteiger partial charge in [-0.3, -0.25) is 0 Å². The third-order valence-electron chi connectivity index (χ3n) is 3.57. The number of furan rings is 1. The summed E-state index contributed by atoms with van der Waals surface area (Å²) in [6, 6.07) is 14.6. The van der Waals surface area contributed by atoms with Gasteiger partial charge >= 0.3 is 0 Å². The Morgan fingerprint density at radius 2 is 2.00 bits per heavy atom. The van der Waals surface area contributed by atoms with Gasteiger partial charge in [-0.25, -0.2) is 4.39 Å². The Hall–Kier alpha value is -2.13. The number of fused-ring (bicyclic) bond motifs is 1. The molecule has 0 aliphatic heterocycles. The SMILES string of the molecule is CCNC(c1cccc(F)c1)c1cc2cc(C)ccc2o1. The van der Waals surface area contributed by atoms with Crippen LogP contribution < -0.4 is 5.32 Å². The van der Waals surface area contributed by atoms with Crippen LogP contribution in [-0.4, -0.2) is 6.54 Å². The van der Waals surface area contributed by atoms with Crippen LogP contribution in [0, 0.1) is 12.7 Å². The summed E-state index contributed by atoms with van der Waals surface area (Å²) in [6.07, 6.45) is 0. The largest absolute Gasteiger partial charge is 0.459 e. The van der Waals surface area contributed by atoms with E-state index in [0.717, 1.165) is 28.8 Å². The molecule has 0 spiro atoms. The highest BCUT2D eigenvalue weighted by atomic mass is 19.1. The zero-order valence-corrected chi connectivity index (χ0v) is 12.2. The monoisotopic (exact) mass is 283 g/mol. The average molecular weight is 283 g/mol. The van der Waals surface area contributed by atoms with Gasteiger partial charge in [-0.1, -0.05) is 30.7 Å². The highest BCUT2D eigenvalue weighted by Gasteiger charge is 2.18. The highest BCUT2D eigenvalue weighted by Crippen LogP contribution is 2.29. The molecule has 0 saturated carbocycles. The van der Waals surface area contributed by atoms with Crippen LogP contribution in [0.2, 0.25) is 0 Å². The van der Waals surface area contributed by atoms with E-state index in [1.165, 1.54) is 11.6 Å². The summed E-state index contributed by atoms with van der Waals surface area (Å²) in [5.41, 5.74) is 2.92. The highest BCUT2D eigenvalue weighted by molar-refractivity contribution is 5.78. The number of hydrogen-bond donors (Lipinski definition) is 1. The number of halogens is 1. The van der Waals surface area contributed by atoms with Crippen LogP contribution in [0.1, 0.15) is 29.9 Å². The molecule has 108 valence electrons. The van der Waals surface area contributed by atoms with Crippen LogP contribution in [0.5, 0.6) is 0 Å². The van der Waals surface area contributed by atoms with E-state index in [2.05, 4.69) is 18.3 Å². The van der Waals surface area contributed by atoms with E-state index in [0.29, 0.717) is 0 Å². The summed E-state index contributed by atoms with van der Waals surface area (Å²) in [6.45, 7) is 4.86. The first-order valence-electron chi connectivity index (χ1n) is 7.16. The van der Waals surface area contributed by atoms with E-state index in [-0.39, 0.29) is 11.9 Å². The molecule has 3 aromatic rings. The predicted molar refractivity (Wildman–Crippen MR) is 82.9 cm³/mol. The molecular formula is C18H18FNO. The molecule has 0 saturated heterocycles. The molecular weight excluding hydrogens is 265 g/mol. The molecule has 3 rings (SSSR count). The first-order chi connectivity index (χ1) is 10.2. The molecule has 1 atom stereocenters. The number of benzene rings is 2. The Bertz CT molecular complexity index is 763. The van der Waals surface area contributed by atoms with Crippen molar-refractivity contribution in [1.82, 2.24) is 5.32 Å². The summed E-state index contributed by atoms with van der Waals surface area (Å²) in [5.74, 6) is 0.574. The van der Waals surface area contributed by atoms with Gasteiger partial charge in [0.1, 0.15) is 17.2 Å². The summed E-state index contributed by atoms with van der Waals surface area (Å²) >= 11 is 0. The van der Waals surface area contributed by atoms with E-state index in [1.807, 2.05) is 31.2 Å². The molecule has 0 bridgehead atoms. The molecule has 1 N–H and O–H groups in total.